The van der Waals surface area contributed by atoms with Gasteiger partial charge < -0.3 is 5.32 Å². The first-order chi connectivity index (χ1) is 7.24. The van der Waals surface area contributed by atoms with Crippen LogP contribution < -0.4 is 5.32 Å². The molecule has 0 aromatic carbocycles. The van der Waals surface area contributed by atoms with Crippen LogP contribution in [0, 0.1) is 10.1 Å². The Morgan fingerprint density at radius 1 is 1.67 bits per heavy atom. The molecule has 0 bridgehead atoms. The second-order valence-electron chi connectivity index (χ2n) is 3.08. The van der Waals surface area contributed by atoms with E-state index < -0.39 is 0 Å². The van der Waals surface area contributed by atoms with E-state index >= 15 is 0 Å². The van der Waals surface area contributed by atoms with E-state index in [0.29, 0.717) is 0 Å². The molecule has 0 aliphatic rings. The van der Waals surface area contributed by atoms with Crippen molar-refractivity contribution in [1.82, 2.24) is 5.32 Å². The molecule has 5 heteroatoms. The molecular weight excluding hydrogens is 212 g/mol. The van der Waals surface area contributed by atoms with E-state index in [-0.39, 0.29) is 9.92 Å². The highest BCUT2D eigenvalue weighted by atomic mass is 32.1. The largest absolute Gasteiger partial charge is 0.324 e. The summed E-state index contributed by atoms with van der Waals surface area (Å²) >= 11 is 1.16. The predicted molar refractivity (Wildman–Crippen MR) is 63.2 cm³/mol. The average Bonchev–Trinajstić information content (AvgIpc) is 2.66. The van der Waals surface area contributed by atoms with Crippen molar-refractivity contribution in [3.8, 4) is 0 Å². The van der Waals surface area contributed by atoms with Gasteiger partial charge in [0.05, 0.1) is 4.92 Å². The van der Waals surface area contributed by atoms with Gasteiger partial charge in [-0.25, -0.2) is 0 Å². The topological polar surface area (TPSA) is 55.2 Å². The van der Waals surface area contributed by atoms with Crippen LogP contribution in [-0.4, -0.2) is 18.0 Å². The van der Waals surface area contributed by atoms with Crippen LogP contribution in [-0.2, 0) is 0 Å². The molecule has 0 unspecified atom stereocenters. The molecule has 4 nitrogen and oxygen atoms in total. The molecule has 1 aromatic rings. The maximum absolute atomic E-state index is 10.4. The highest BCUT2D eigenvalue weighted by Crippen LogP contribution is 2.23. The highest BCUT2D eigenvalue weighted by Gasteiger charge is 2.06. The molecular formula is C10H14N2O2S. The van der Waals surface area contributed by atoms with Crippen molar-refractivity contribution >= 4 is 22.4 Å². The molecule has 1 rings (SSSR count). The van der Waals surface area contributed by atoms with Crippen LogP contribution >= 0.6 is 11.3 Å². The minimum Gasteiger partial charge on any atom is -0.313 e. The Hall–Kier alpha value is -1.20. The predicted octanol–water partition coefficient (Wildman–Crippen LogP) is 2.67. The van der Waals surface area contributed by atoms with Gasteiger partial charge in [0.25, 0.3) is 0 Å². The molecule has 0 spiro atoms. The summed E-state index contributed by atoms with van der Waals surface area (Å²) in [6.45, 7) is 3.91. The fourth-order valence-corrected chi connectivity index (χ4v) is 1.77. The van der Waals surface area contributed by atoms with E-state index in [1.165, 1.54) is 0 Å². The van der Waals surface area contributed by atoms with E-state index in [1.807, 2.05) is 12.2 Å². The Kier molecular flexibility index (Phi) is 5.00. The standard InChI is InChI=1S/C10H14N2O2S/c1-2-5-11-6-3-4-9-7-10(12(13)14)15-8-9/h3-4,7-8,11H,2,5-6H2,1H3. The van der Waals surface area contributed by atoms with Crippen LogP contribution in [0.4, 0.5) is 5.00 Å². The van der Waals surface area contributed by atoms with Gasteiger partial charge in [0.15, 0.2) is 0 Å². The van der Waals surface area contributed by atoms with Crippen LogP contribution in [0.3, 0.4) is 0 Å². The Labute approximate surface area is 92.8 Å². The normalized spacial score (nSPS) is 11.0. The number of nitro groups is 1. The van der Waals surface area contributed by atoms with Gasteiger partial charge in [0, 0.05) is 18.0 Å². The summed E-state index contributed by atoms with van der Waals surface area (Å²) in [5.41, 5.74) is 0.894. The summed E-state index contributed by atoms with van der Waals surface area (Å²) in [7, 11) is 0. The first kappa shape index (κ1) is 11.9. The van der Waals surface area contributed by atoms with Crippen LogP contribution in [0.25, 0.3) is 6.08 Å². The molecule has 0 radical (unpaired) electrons. The average molecular weight is 226 g/mol. The fourth-order valence-electron chi connectivity index (χ4n) is 1.08. The maximum Gasteiger partial charge on any atom is 0.324 e. The number of rotatable bonds is 6. The van der Waals surface area contributed by atoms with Crippen LogP contribution in [0.1, 0.15) is 18.9 Å². The molecule has 15 heavy (non-hydrogen) atoms. The quantitative estimate of drug-likeness (QED) is 0.461. The van der Waals surface area contributed by atoms with E-state index in [0.717, 1.165) is 36.4 Å². The molecule has 1 N–H and O–H groups in total. The summed E-state index contributed by atoms with van der Waals surface area (Å²) in [5, 5.41) is 15.6. The summed E-state index contributed by atoms with van der Waals surface area (Å²) < 4.78 is 0. The van der Waals surface area contributed by atoms with Gasteiger partial charge in [-0.15, -0.1) is 0 Å². The number of hydrogen-bond acceptors (Lipinski definition) is 4. The Morgan fingerprint density at radius 2 is 2.47 bits per heavy atom. The lowest BCUT2D eigenvalue weighted by Gasteiger charge is -1.95. The Bertz CT molecular complexity index is 347. The van der Waals surface area contributed by atoms with Gasteiger partial charge in [-0.3, -0.25) is 10.1 Å². The lowest BCUT2D eigenvalue weighted by atomic mass is 10.3. The SMILES string of the molecule is CCCNCC=Cc1csc([N+](=O)[O-])c1. The molecule has 0 atom stereocenters. The molecule has 0 fully saturated rings. The zero-order valence-electron chi connectivity index (χ0n) is 8.60. The molecule has 0 aliphatic carbocycles. The maximum atomic E-state index is 10.4. The van der Waals surface area contributed by atoms with Crippen molar-refractivity contribution in [2.24, 2.45) is 0 Å². The fraction of sp³-hybridized carbons (Fsp3) is 0.400. The van der Waals surface area contributed by atoms with Crippen molar-refractivity contribution in [2.75, 3.05) is 13.1 Å². The van der Waals surface area contributed by atoms with Gasteiger partial charge in [-0.1, -0.05) is 30.4 Å². The summed E-state index contributed by atoms with van der Waals surface area (Å²) in [6.07, 6.45) is 4.98. The number of thiophene rings is 1. The molecule has 0 amide bonds. The smallest absolute Gasteiger partial charge is 0.313 e. The van der Waals surface area contributed by atoms with Gasteiger partial charge in [0.2, 0.25) is 0 Å². The second kappa shape index (κ2) is 6.31. The molecule has 1 aromatic heterocycles. The molecule has 0 saturated heterocycles. The van der Waals surface area contributed by atoms with Crippen molar-refractivity contribution in [3.05, 3.63) is 33.2 Å². The van der Waals surface area contributed by atoms with Crippen molar-refractivity contribution < 1.29 is 4.92 Å². The van der Waals surface area contributed by atoms with Crippen molar-refractivity contribution in [2.45, 2.75) is 13.3 Å². The van der Waals surface area contributed by atoms with Crippen LogP contribution in [0.5, 0.6) is 0 Å². The number of nitrogens with one attached hydrogen (secondary N) is 1. The van der Waals surface area contributed by atoms with Gasteiger partial charge in [-0.05, 0) is 18.5 Å². The minimum absolute atomic E-state index is 0.191. The first-order valence-electron chi connectivity index (χ1n) is 4.84. The van der Waals surface area contributed by atoms with E-state index in [9.17, 15) is 10.1 Å². The highest BCUT2D eigenvalue weighted by molar-refractivity contribution is 7.13. The van der Waals surface area contributed by atoms with E-state index in [1.54, 1.807) is 11.4 Å². The Morgan fingerprint density at radius 3 is 3.07 bits per heavy atom. The van der Waals surface area contributed by atoms with Gasteiger partial charge in [0.1, 0.15) is 0 Å². The van der Waals surface area contributed by atoms with Crippen molar-refractivity contribution in [3.63, 3.8) is 0 Å². The van der Waals surface area contributed by atoms with Crippen molar-refractivity contribution in [1.29, 1.82) is 0 Å². The molecule has 82 valence electrons. The van der Waals surface area contributed by atoms with Crippen LogP contribution in [0.2, 0.25) is 0 Å². The summed E-state index contributed by atoms with van der Waals surface area (Å²) in [5.74, 6) is 0. The van der Waals surface area contributed by atoms with E-state index in [2.05, 4.69) is 12.2 Å². The molecule has 0 aliphatic heterocycles. The number of hydrogen-bond donors (Lipinski definition) is 1. The first-order valence-corrected chi connectivity index (χ1v) is 5.72. The third kappa shape index (κ3) is 4.22. The lowest BCUT2D eigenvalue weighted by Crippen LogP contribution is -2.13. The monoisotopic (exact) mass is 226 g/mol. The van der Waals surface area contributed by atoms with Gasteiger partial charge >= 0.3 is 5.00 Å². The molecule has 1 heterocycles. The summed E-state index contributed by atoms with van der Waals surface area (Å²) in [6, 6.07) is 1.58. The van der Waals surface area contributed by atoms with E-state index in [4.69, 9.17) is 0 Å². The van der Waals surface area contributed by atoms with Crippen LogP contribution in [0.15, 0.2) is 17.5 Å². The zero-order chi connectivity index (χ0) is 11.1. The summed E-state index contributed by atoms with van der Waals surface area (Å²) in [4.78, 5) is 10.0. The third-order valence-corrected chi connectivity index (χ3v) is 2.68. The Balaban J connectivity index is 2.39. The lowest BCUT2D eigenvalue weighted by molar-refractivity contribution is -0.380. The second-order valence-corrected chi connectivity index (χ2v) is 3.97. The number of nitrogens with zero attached hydrogens (tertiary/aromatic N) is 1. The molecule has 0 saturated carbocycles. The zero-order valence-corrected chi connectivity index (χ0v) is 9.42. The minimum atomic E-state index is -0.364. The third-order valence-electron chi connectivity index (χ3n) is 1.79. The van der Waals surface area contributed by atoms with Gasteiger partial charge in [-0.2, -0.15) is 0 Å².